The average molecular weight is 335 g/mol. The first-order valence-corrected chi connectivity index (χ1v) is 6.55. The van der Waals surface area contributed by atoms with Crippen molar-refractivity contribution in [3.63, 3.8) is 0 Å². The molecule has 0 bridgehead atoms. The van der Waals surface area contributed by atoms with Crippen LogP contribution in [-0.4, -0.2) is 24.5 Å². The summed E-state index contributed by atoms with van der Waals surface area (Å²) in [5.74, 6) is -0.813. The van der Waals surface area contributed by atoms with Crippen LogP contribution < -0.4 is 5.32 Å². The molecule has 0 aliphatic rings. The second-order valence-corrected chi connectivity index (χ2v) is 4.84. The minimum Gasteiger partial charge on any atom is -0.464 e. The van der Waals surface area contributed by atoms with E-state index in [1.165, 1.54) is 0 Å². The predicted octanol–water partition coefficient (Wildman–Crippen LogP) is 2.78. The van der Waals surface area contributed by atoms with Gasteiger partial charge in [-0.05, 0) is 48.0 Å². The third kappa shape index (κ3) is 3.99. The van der Waals surface area contributed by atoms with Gasteiger partial charge in [0.2, 0.25) is 0 Å². The van der Waals surface area contributed by atoms with Crippen LogP contribution in [0.5, 0.6) is 0 Å². The van der Waals surface area contributed by atoms with Gasteiger partial charge in [-0.15, -0.1) is 0 Å². The molecule has 1 unspecified atom stereocenters. The minimum absolute atomic E-state index is 0.283. The first-order valence-electron chi connectivity index (χ1n) is 5.38. The maximum atomic E-state index is 11.8. The molecule has 98 valence electrons. The normalized spacial score (nSPS) is 11.8. The second kappa shape index (κ2) is 6.75. The molecule has 0 saturated carbocycles. The summed E-state index contributed by atoms with van der Waals surface area (Å²) in [6, 6.07) is 4.10. The molecule has 1 atom stereocenters. The Hall–Kier alpha value is -1.07. The highest BCUT2D eigenvalue weighted by Gasteiger charge is 2.17. The number of rotatable bonds is 4. The maximum absolute atomic E-state index is 11.8. The molecule has 6 heteroatoms. The third-order valence-corrected chi connectivity index (χ3v) is 3.38. The number of amides is 1. The number of halogens is 2. The molecule has 0 spiro atoms. The van der Waals surface area contributed by atoms with Crippen molar-refractivity contribution in [2.75, 3.05) is 6.61 Å². The first-order chi connectivity index (χ1) is 8.45. The summed E-state index contributed by atoms with van der Waals surface area (Å²) in [5.41, 5.74) is 0.419. The molecule has 1 rings (SSSR count). The molecular formula is C12H13BrClNO3. The van der Waals surface area contributed by atoms with E-state index in [0.29, 0.717) is 15.1 Å². The van der Waals surface area contributed by atoms with Gasteiger partial charge in [0.15, 0.2) is 0 Å². The molecule has 1 amide bonds. The summed E-state index contributed by atoms with van der Waals surface area (Å²) in [4.78, 5) is 23.2. The van der Waals surface area contributed by atoms with E-state index in [9.17, 15) is 9.59 Å². The number of carbonyl (C=O) groups excluding carboxylic acids is 2. The van der Waals surface area contributed by atoms with Crippen LogP contribution in [0, 0.1) is 0 Å². The van der Waals surface area contributed by atoms with Crippen LogP contribution in [0.1, 0.15) is 24.2 Å². The van der Waals surface area contributed by atoms with E-state index in [0.717, 1.165) is 0 Å². The summed E-state index contributed by atoms with van der Waals surface area (Å²) in [5, 5.41) is 3.07. The second-order valence-electron chi connectivity index (χ2n) is 3.58. The number of nitrogens with one attached hydrogen (secondary N) is 1. The molecule has 0 aliphatic carbocycles. The highest BCUT2D eigenvalue weighted by Crippen LogP contribution is 2.23. The maximum Gasteiger partial charge on any atom is 0.328 e. The van der Waals surface area contributed by atoms with Crippen molar-refractivity contribution in [1.29, 1.82) is 0 Å². The van der Waals surface area contributed by atoms with Crippen molar-refractivity contribution in [3.8, 4) is 0 Å². The summed E-state index contributed by atoms with van der Waals surface area (Å²) in [6.07, 6.45) is 0. The minimum atomic E-state index is -0.688. The SMILES string of the molecule is CCOC(=O)C(C)NC(=O)c1ccc(Cl)c(Br)c1. The van der Waals surface area contributed by atoms with Crippen molar-refractivity contribution in [3.05, 3.63) is 33.3 Å². The molecule has 1 aromatic carbocycles. The van der Waals surface area contributed by atoms with Crippen molar-refractivity contribution in [1.82, 2.24) is 5.32 Å². The van der Waals surface area contributed by atoms with Gasteiger partial charge in [-0.25, -0.2) is 4.79 Å². The zero-order chi connectivity index (χ0) is 13.7. The molecule has 1 N–H and O–H groups in total. The van der Waals surface area contributed by atoms with Gasteiger partial charge in [0.25, 0.3) is 5.91 Å². The van der Waals surface area contributed by atoms with E-state index in [1.807, 2.05) is 0 Å². The van der Waals surface area contributed by atoms with Gasteiger partial charge in [0, 0.05) is 10.0 Å². The highest BCUT2D eigenvalue weighted by atomic mass is 79.9. The van der Waals surface area contributed by atoms with Crippen LogP contribution >= 0.6 is 27.5 Å². The standard InChI is InChI=1S/C12H13BrClNO3/c1-3-18-12(17)7(2)15-11(16)8-4-5-10(14)9(13)6-8/h4-7H,3H2,1-2H3,(H,15,16). The van der Waals surface area contributed by atoms with E-state index in [1.54, 1.807) is 32.0 Å². The lowest BCUT2D eigenvalue weighted by Gasteiger charge is -2.12. The lowest BCUT2D eigenvalue weighted by Crippen LogP contribution is -2.39. The van der Waals surface area contributed by atoms with Crippen molar-refractivity contribution in [2.45, 2.75) is 19.9 Å². The Bertz CT molecular complexity index is 465. The van der Waals surface area contributed by atoms with Crippen LogP contribution in [-0.2, 0) is 9.53 Å². The summed E-state index contributed by atoms with van der Waals surface area (Å²) in [6.45, 7) is 3.56. The number of esters is 1. The summed E-state index contributed by atoms with van der Waals surface area (Å²) >= 11 is 9.06. The number of carbonyl (C=O) groups is 2. The van der Waals surface area contributed by atoms with Gasteiger partial charge in [0.1, 0.15) is 6.04 Å². The zero-order valence-electron chi connectivity index (χ0n) is 10.00. The largest absolute Gasteiger partial charge is 0.464 e. The number of hydrogen-bond acceptors (Lipinski definition) is 3. The van der Waals surface area contributed by atoms with E-state index in [-0.39, 0.29) is 12.5 Å². The van der Waals surface area contributed by atoms with Crippen molar-refractivity contribution < 1.29 is 14.3 Å². The Morgan fingerprint density at radius 3 is 2.72 bits per heavy atom. The Morgan fingerprint density at radius 1 is 1.50 bits per heavy atom. The zero-order valence-corrected chi connectivity index (χ0v) is 12.3. The van der Waals surface area contributed by atoms with Crippen LogP contribution in [0.25, 0.3) is 0 Å². The van der Waals surface area contributed by atoms with Crippen molar-refractivity contribution >= 4 is 39.4 Å². The fraction of sp³-hybridized carbons (Fsp3) is 0.333. The van der Waals surface area contributed by atoms with Gasteiger partial charge in [-0.1, -0.05) is 11.6 Å². The van der Waals surface area contributed by atoms with Crippen LogP contribution in [0.3, 0.4) is 0 Å². The smallest absolute Gasteiger partial charge is 0.328 e. The third-order valence-electron chi connectivity index (χ3n) is 2.17. The molecule has 4 nitrogen and oxygen atoms in total. The summed E-state index contributed by atoms with van der Waals surface area (Å²) in [7, 11) is 0. The lowest BCUT2D eigenvalue weighted by molar-refractivity contribution is -0.144. The Labute approximate surface area is 119 Å². The number of benzene rings is 1. The highest BCUT2D eigenvalue weighted by molar-refractivity contribution is 9.10. The molecule has 0 saturated heterocycles. The Kier molecular flexibility index (Phi) is 5.62. The van der Waals surface area contributed by atoms with E-state index >= 15 is 0 Å². The molecule has 0 aliphatic heterocycles. The average Bonchev–Trinajstić information content (AvgIpc) is 2.32. The molecule has 0 aromatic heterocycles. The van der Waals surface area contributed by atoms with E-state index in [4.69, 9.17) is 16.3 Å². The fourth-order valence-corrected chi connectivity index (χ4v) is 1.74. The van der Waals surface area contributed by atoms with Gasteiger partial charge in [-0.2, -0.15) is 0 Å². The Balaban J connectivity index is 2.70. The predicted molar refractivity (Wildman–Crippen MR) is 72.7 cm³/mol. The molecule has 0 fully saturated rings. The Morgan fingerprint density at radius 2 is 2.17 bits per heavy atom. The molecule has 18 heavy (non-hydrogen) atoms. The monoisotopic (exact) mass is 333 g/mol. The summed E-state index contributed by atoms with van der Waals surface area (Å²) < 4.78 is 5.42. The van der Waals surface area contributed by atoms with Crippen LogP contribution in [0.2, 0.25) is 5.02 Å². The van der Waals surface area contributed by atoms with Gasteiger partial charge in [-0.3, -0.25) is 4.79 Å². The van der Waals surface area contributed by atoms with E-state index < -0.39 is 12.0 Å². The lowest BCUT2D eigenvalue weighted by atomic mass is 10.2. The molecule has 0 radical (unpaired) electrons. The fourth-order valence-electron chi connectivity index (χ4n) is 1.24. The van der Waals surface area contributed by atoms with Gasteiger partial charge in [0.05, 0.1) is 11.6 Å². The molecule has 0 heterocycles. The van der Waals surface area contributed by atoms with Crippen molar-refractivity contribution in [2.24, 2.45) is 0 Å². The van der Waals surface area contributed by atoms with Gasteiger partial charge < -0.3 is 10.1 Å². The van der Waals surface area contributed by atoms with Crippen LogP contribution in [0.4, 0.5) is 0 Å². The topological polar surface area (TPSA) is 55.4 Å². The molecular weight excluding hydrogens is 321 g/mol. The van der Waals surface area contributed by atoms with E-state index in [2.05, 4.69) is 21.2 Å². The van der Waals surface area contributed by atoms with Crippen LogP contribution in [0.15, 0.2) is 22.7 Å². The molecule has 1 aromatic rings. The number of hydrogen-bond donors (Lipinski definition) is 1. The van der Waals surface area contributed by atoms with Gasteiger partial charge >= 0.3 is 5.97 Å². The quantitative estimate of drug-likeness (QED) is 0.862. The first kappa shape index (κ1) is 15.0. The number of ether oxygens (including phenoxy) is 1.